The summed E-state index contributed by atoms with van der Waals surface area (Å²) in [5.74, 6) is -0.201. The molecule has 2 saturated heterocycles. The van der Waals surface area contributed by atoms with Crippen molar-refractivity contribution in [2.75, 3.05) is 29.5 Å². The van der Waals surface area contributed by atoms with Crippen molar-refractivity contribution in [2.45, 2.75) is 37.9 Å². The predicted molar refractivity (Wildman–Crippen MR) is 99.0 cm³/mol. The van der Waals surface area contributed by atoms with Crippen molar-refractivity contribution in [3.05, 3.63) is 22.8 Å². The van der Waals surface area contributed by atoms with Crippen molar-refractivity contribution in [3.63, 3.8) is 0 Å². The van der Waals surface area contributed by atoms with E-state index in [4.69, 9.17) is 11.6 Å². The van der Waals surface area contributed by atoms with Crippen LogP contribution in [0.2, 0.25) is 5.02 Å². The zero-order valence-electron chi connectivity index (χ0n) is 15.2. The molecule has 0 bridgehead atoms. The van der Waals surface area contributed by atoms with Crippen LogP contribution in [0.5, 0.6) is 0 Å². The predicted octanol–water partition coefficient (Wildman–Crippen LogP) is 2.66. The summed E-state index contributed by atoms with van der Waals surface area (Å²) in [6.45, 7) is 2.58. The highest BCUT2D eigenvalue weighted by Crippen LogP contribution is 2.35. The standard InChI is InChI=1S/C17H21ClF3N3O3S/c1-16(4-7-28(26,27)10-16)23-15(25)11-2-5-24(6-3-11)14-13(18)8-12(9-22-14)17(19,20)21/h8-9,11H,2-7,10H2,1H3,(H,23,25). The second-order valence-electron chi connectivity index (χ2n) is 7.68. The summed E-state index contributed by atoms with van der Waals surface area (Å²) in [6, 6.07) is 0.851. The number of anilines is 1. The van der Waals surface area contributed by atoms with E-state index in [1.165, 1.54) is 0 Å². The summed E-state index contributed by atoms with van der Waals surface area (Å²) in [6.07, 6.45) is -2.40. The van der Waals surface area contributed by atoms with Crippen molar-refractivity contribution >= 4 is 33.2 Å². The van der Waals surface area contributed by atoms with E-state index < -0.39 is 27.1 Å². The van der Waals surface area contributed by atoms with Crippen LogP contribution in [0.25, 0.3) is 0 Å². The first kappa shape index (κ1) is 21.2. The number of halogens is 4. The smallest absolute Gasteiger partial charge is 0.355 e. The van der Waals surface area contributed by atoms with Gasteiger partial charge in [0.05, 0.1) is 27.6 Å². The molecule has 2 aliphatic heterocycles. The normalized spacial score (nSPS) is 25.7. The van der Waals surface area contributed by atoms with Crippen LogP contribution >= 0.6 is 11.6 Å². The van der Waals surface area contributed by atoms with E-state index in [0.29, 0.717) is 32.4 Å². The third-order valence-corrected chi connectivity index (χ3v) is 7.42. The Kier molecular flexibility index (Phi) is 5.57. The maximum absolute atomic E-state index is 12.7. The molecule has 0 aliphatic carbocycles. The van der Waals surface area contributed by atoms with E-state index in [-0.39, 0.29) is 34.2 Å². The molecule has 0 aromatic carbocycles. The molecule has 6 nitrogen and oxygen atoms in total. The molecule has 11 heteroatoms. The van der Waals surface area contributed by atoms with Crippen LogP contribution in [0.1, 0.15) is 31.7 Å². The lowest BCUT2D eigenvalue weighted by molar-refractivity contribution is -0.137. The molecule has 0 radical (unpaired) electrons. The molecule has 0 saturated carbocycles. The molecule has 156 valence electrons. The summed E-state index contributed by atoms with van der Waals surface area (Å²) in [5, 5.41) is 2.79. The average Bonchev–Trinajstić information content (AvgIpc) is 2.87. The molecule has 3 rings (SSSR count). The topological polar surface area (TPSA) is 79.4 Å². The zero-order valence-corrected chi connectivity index (χ0v) is 16.8. The molecule has 1 N–H and O–H groups in total. The van der Waals surface area contributed by atoms with Crippen molar-refractivity contribution < 1.29 is 26.4 Å². The van der Waals surface area contributed by atoms with Gasteiger partial charge in [-0.2, -0.15) is 13.2 Å². The van der Waals surface area contributed by atoms with E-state index in [1.54, 1.807) is 11.8 Å². The molecule has 1 amide bonds. The Labute approximate surface area is 166 Å². The van der Waals surface area contributed by atoms with Crippen molar-refractivity contribution in [3.8, 4) is 0 Å². The number of nitrogens with zero attached hydrogens (tertiary/aromatic N) is 2. The van der Waals surface area contributed by atoms with E-state index in [2.05, 4.69) is 10.3 Å². The van der Waals surface area contributed by atoms with E-state index in [0.717, 1.165) is 12.3 Å². The molecule has 0 spiro atoms. The van der Waals surface area contributed by atoms with Gasteiger partial charge in [-0.15, -0.1) is 0 Å². The van der Waals surface area contributed by atoms with Gasteiger partial charge in [0.25, 0.3) is 0 Å². The minimum absolute atomic E-state index is 0.0599. The van der Waals surface area contributed by atoms with Crippen molar-refractivity contribution in [1.29, 1.82) is 0 Å². The number of piperidine rings is 1. The summed E-state index contributed by atoms with van der Waals surface area (Å²) in [4.78, 5) is 18.2. The molecule has 1 aromatic rings. The number of sulfone groups is 1. The number of aromatic nitrogens is 1. The number of hydrogen-bond acceptors (Lipinski definition) is 5. The molecule has 3 heterocycles. The molecule has 2 aliphatic rings. The quantitative estimate of drug-likeness (QED) is 0.783. The molecule has 28 heavy (non-hydrogen) atoms. The maximum Gasteiger partial charge on any atom is 0.417 e. The second kappa shape index (κ2) is 7.37. The average molecular weight is 440 g/mol. The maximum atomic E-state index is 12.7. The lowest BCUT2D eigenvalue weighted by Crippen LogP contribution is -2.51. The van der Waals surface area contributed by atoms with E-state index >= 15 is 0 Å². The van der Waals surface area contributed by atoms with Crippen LogP contribution in [0, 0.1) is 5.92 Å². The van der Waals surface area contributed by atoms with Crippen LogP contribution < -0.4 is 10.2 Å². The summed E-state index contributed by atoms with van der Waals surface area (Å²) in [7, 11) is -3.12. The van der Waals surface area contributed by atoms with E-state index in [9.17, 15) is 26.4 Å². The van der Waals surface area contributed by atoms with Gasteiger partial charge in [-0.05, 0) is 32.3 Å². The Morgan fingerprint density at radius 3 is 2.50 bits per heavy atom. The third-order valence-electron chi connectivity index (χ3n) is 5.24. The molecule has 2 fully saturated rings. The molecule has 1 atom stereocenters. The largest absolute Gasteiger partial charge is 0.417 e. The van der Waals surface area contributed by atoms with Gasteiger partial charge in [-0.3, -0.25) is 4.79 Å². The Hall–Kier alpha value is -1.55. The number of nitrogens with one attached hydrogen (secondary N) is 1. The highest BCUT2D eigenvalue weighted by atomic mass is 35.5. The van der Waals surface area contributed by atoms with Crippen LogP contribution in [-0.2, 0) is 20.8 Å². The second-order valence-corrected chi connectivity index (χ2v) is 10.3. The monoisotopic (exact) mass is 439 g/mol. The summed E-state index contributed by atoms with van der Waals surface area (Å²) in [5.41, 5.74) is -1.65. The number of carbonyl (C=O) groups excluding carboxylic acids is 1. The number of rotatable bonds is 3. The SMILES string of the molecule is CC1(NC(=O)C2CCN(c3ncc(C(F)(F)F)cc3Cl)CC2)CCS(=O)(=O)C1. The summed E-state index contributed by atoms with van der Waals surface area (Å²) < 4.78 is 61.5. The van der Waals surface area contributed by atoms with Crippen LogP contribution in [0.15, 0.2) is 12.3 Å². The van der Waals surface area contributed by atoms with Gasteiger partial charge in [-0.25, -0.2) is 13.4 Å². The Bertz CT molecular complexity index is 870. The Morgan fingerprint density at radius 1 is 1.36 bits per heavy atom. The van der Waals surface area contributed by atoms with Gasteiger partial charge in [-0.1, -0.05) is 11.6 Å². The Balaban J connectivity index is 1.59. The zero-order chi connectivity index (χ0) is 20.7. The van der Waals surface area contributed by atoms with Gasteiger partial charge < -0.3 is 10.2 Å². The first-order chi connectivity index (χ1) is 12.9. The van der Waals surface area contributed by atoms with Crippen LogP contribution in [0.4, 0.5) is 19.0 Å². The van der Waals surface area contributed by atoms with Crippen molar-refractivity contribution in [2.24, 2.45) is 5.92 Å². The van der Waals surface area contributed by atoms with E-state index in [1.807, 2.05) is 0 Å². The number of alkyl halides is 3. The van der Waals surface area contributed by atoms with Gasteiger partial charge in [0.1, 0.15) is 5.82 Å². The number of hydrogen-bond donors (Lipinski definition) is 1. The molecular formula is C17H21ClF3N3O3S. The number of carbonyl (C=O) groups is 1. The fourth-order valence-corrected chi connectivity index (χ4v) is 6.06. The van der Waals surface area contributed by atoms with Gasteiger partial charge >= 0.3 is 6.18 Å². The molecule has 1 unspecified atom stereocenters. The van der Waals surface area contributed by atoms with Gasteiger partial charge in [0.15, 0.2) is 9.84 Å². The highest BCUT2D eigenvalue weighted by Gasteiger charge is 2.41. The third kappa shape index (κ3) is 4.71. The van der Waals surface area contributed by atoms with Gasteiger partial charge in [0, 0.05) is 25.2 Å². The number of pyridine rings is 1. The minimum atomic E-state index is -4.51. The first-order valence-electron chi connectivity index (χ1n) is 8.89. The molecular weight excluding hydrogens is 419 g/mol. The lowest BCUT2D eigenvalue weighted by atomic mass is 9.93. The van der Waals surface area contributed by atoms with Crippen molar-refractivity contribution in [1.82, 2.24) is 10.3 Å². The van der Waals surface area contributed by atoms with Crippen LogP contribution in [0.3, 0.4) is 0 Å². The number of amides is 1. The fourth-order valence-electron chi connectivity index (χ4n) is 3.68. The van der Waals surface area contributed by atoms with Crippen LogP contribution in [-0.4, -0.2) is 49.4 Å². The minimum Gasteiger partial charge on any atom is -0.355 e. The lowest BCUT2D eigenvalue weighted by Gasteiger charge is -2.34. The fraction of sp³-hybridized carbons (Fsp3) is 0.647. The highest BCUT2D eigenvalue weighted by molar-refractivity contribution is 7.91. The first-order valence-corrected chi connectivity index (χ1v) is 11.1. The van der Waals surface area contributed by atoms with Gasteiger partial charge in [0.2, 0.25) is 5.91 Å². The summed E-state index contributed by atoms with van der Waals surface area (Å²) >= 11 is 5.99. The molecule has 1 aromatic heterocycles. The Morgan fingerprint density at radius 2 is 2.00 bits per heavy atom.